The second-order valence-corrected chi connectivity index (χ2v) is 5.92. The van der Waals surface area contributed by atoms with Gasteiger partial charge in [0, 0.05) is 11.9 Å². The third-order valence-electron chi connectivity index (χ3n) is 4.25. The van der Waals surface area contributed by atoms with Crippen molar-refractivity contribution in [1.29, 1.82) is 0 Å². The third-order valence-corrected chi connectivity index (χ3v) is 4.25. The van der Waals surface area contributed by atoms with E-state index in [9.17, 15) is 4.79 Å². The summed E-state index contributed by atoms with van der Waals surface area (Å²) < 4.78 is 0. The Morgan fingerprint density at radius 1 is 1.38 bits per heavy atom. The minimum atomic E-state index is -0.940. The number of nitrogens with zero attached hydrogens (tertiary/aromatic N) is 2. The molecule has 2 atom stereocenters. The first-order valence-corrected chi connectivity index (χ1v) is 7.35. The van der Waals surface area contributed by atoms with E-state index in [1.807, 2.05) is 0 Å². The molecule has 0 spiro atoms. The maximum atomic E-state index is 11.0. The van der Waals surface area contributed by atoms with Gasteiger partial charge in [-0.1, -0.05) is 13.3 Å². The highest BCUT2D eigenvalue weighted by Gasteiger charge is 2.21. The number of aromatic nitrogens is 2. The van der Waals surface area contributed by atoms with Crippen molar-refractivity contribution in [3.05, 3.63) is 30.1 Å². The Morgan fingerprint density at radius 2 is 2.24 bits per heavy atom. The van der Waals surface area contributed by atoms with Crippen molar-refractivity contribution in [2.75, 3.05) is 11.9 Å². The van der Waals surface area contributed by atoms with E-state index in [-0.39, 0.29) is 5.56 Å². The maximum Gasteiger partial charge on any atom is 0.335 e. The fourth-order valence-electron chi connectivity index (χ4n) is 3.08. The van der Waals surface area contributed by atoms with E-state index in [0.717, 1.165) is 23.7 Å². The van der Waals surface area contributed by atoms with Crippen molar-refractivity contribution in [3.8, 4) is 0 Å². The van der Waals surface area contributed by atoms with Gasteiger partial charge >= 0.3 is 5.97 Å². The van der Waals surface area contributed by atoms with Crippen molar-refractivity contribution < 1.29 is 9.90 Å². The molecule has 0 bridgehead atoms. The molecule has 2 N–H and O–H groups in total. The van der Waals surface area contributed by atoms with E-state index in [1.165, 1.54) is 25.6 Å². The molecule has 1 aromatic heterocycles. The Kier molecular flexibility index (Phi) is 3.73. The molecule has 1 fully saturated rings. The normalized spacial score (nSPS) is 21.6. The molecule has 1 aromatic carbocycles. The van der Waals surface area contributed by atoms with Gasteiger partial charge in [-0.3, -0.25) is 0 Å². The lowest BCUT2D eigenvalue weighted by atomic mass is 10.1. The zero-order valence-electron chi connectivity index (χ0n) is 12.0. The van der Waals surface area contributed by atoms with Crippen molar-refractivity contribution in [3.63, 3.8) is 0 Å². The van der Waals surface area contributed by atoms with Gasteiger partial charge in [-0.25, -0.2) is 14.8 Å². The topological polar surface area (TPSA) is 75.1 Å². The number of hydrogen-bond donors (Lipinski definition) is 2. The molecule has 110 valence electrons. The van der Waals surface area contributed by atoms with Crippen LogP contribution in [-0.4, -0.2) is 27.6 Å². The van der Waals surface area contributed by atoms with E-state index in [1.54, 1.807) is 18.2 Å². The molecule has 0 amide bonds. The molecular formula is C16H19N3O2. The molecular weight excluding hydrogens is 266 g/mol. The number of anilines is 1. The van der Waals surface area contributed by atoms with Gasteiger partial charge in [-0.05, 0) is 42.9 Å². The summed E-state index contributed by atoms with van der Waals surface area (Å²) >= 11 is 0. The van der Waals surface area contributed by atoms with Crippen molar-refractivity contribution in [2.24, 2.45) is 11.8 Å². The van der Waals surface area contributed by atoms with Gasteiger partial charge in [0.2, 0.25) is 0 Å². The van der Waals surface area contributed by atoms with Gasteiger partial charge in [-0.2, -0.15) is 0 Å². The van der Waals surface area contributed by atoms with Gasteiger partial charge < -0.3 is 10.4 Å². The Labute approximate surface area is 123 Å². The molecule has 0 saturated heterocycles. The molecule has 21 heavy (non-hydrogen) atoms. The van der Waals surface area contributed by atoms with Crippen LogP contribution in [0.3, 0.4) is 0 Å². The van der Waals surface area contributed by atoms with Gasteiger partial charge in [0.25, 0.3) is 0 Å². The van der Waals surface area contributed by atoms with Crippen LogP contribution in [0.2, 0.25) is 0 Å². The zero-order valence-corrected chi connectivity index (χ0v) is 12.0. The lowest BCUT2D eigenvalue weighted by molar-refractivity contribution is 0.0697. The average molecular weight is 285 g/mol. The zero-order chi connectivity index (χ0) is 14.8. The summed E-state index contributed by atoms with van der Waals surface area (Å²) in [6.45, 7) is 3.21. The van der Waals surface area contributed by atoms with Crippen LogP contribution in [0.15, 0.2) is 24.5 Å². The van der Waals surface area contributed by atoms with Crippen molar-refractivity contribution >= 4 is 22.7 Å². The van der Waals surface area contributed by atoms with Crippen LogP contribution in [0.25, 0.3) is 10.9 Å². The molecule has 1 aliphatic rings. The minimum Gasteiger partial charge on any atom is -0.478 e. The van der Waals surface area contributed by atoms with Crippen molar-refractivity contribution in [2.45, 2.75) is 26.2 Å². The summed E-state index contributed by atoms with van der Waals surface area (Å²) in [6.07, 6.45) is 5.31. The molecule has 1 aliphatic carbocycles. The first-order valence-electron chi connectivity index (χ1n) is 7.35. The van der Waals surface area contributed by atoms with Crippen LogP contribution in [0.1, 0.15) is 36.5 Å². The number of rotatable bonds is 4. The highest BCUT2D eigenvalue weighted by Crippen LogP contribution is 2.30. The van der Waals surface area contributed by atoms with Crippen LogP contribution in [0, 0.1) is 11.8 Å². The number of nitrogens with one attached hydrogen (secondary N) is 1. The lowest BCUT2D eigenvalue weighted by Gasteiger charge is -2.13. The van der Waals surface area contributed by atoms with Gasteiger partial charge in [0.15, 0.2) is 0 Å². The summed E-state index contributed by atoms with van der Waals surface area (Å²) in [5.74, 6) is 1.36. The Morgan fingerprint density at radius 3 is 2.95 bits per heavy atom. The Bertz CT molecular complexity index is 672. The third kappa shape index (κ3) is 2.96. The van der Waals surface area contributed by atoms with Crippen LogP contribution < -0.4 is 5.32 Å². The fraction of sp³-hybridized carbons (Fsp3) is 0.438. The number of carboxylic acids is 1. The van der Waals surface area contributed by atoms with Crippen molar-refractivity contribution in [1.82, 2.24) is 9.97 Å². The Balaban J connectivity index is 1.80. The van der Waals surface area contributed by atoms with Crippen LogP contribution in [0.5, 0.6) is 0 Å². The highest BCUT2D eigenvalue weighted by molar-refractivity contribution is 5.96. The Hall–Kier alpha value is -2.17. The molecule has 5 nitrogen and oxygen atoms in total. The maximum absolute atomic E-state index is 11.0. The van der Waals surface area contributed by atoms with Gasteiger partial charge in [-0.15, -0.1) is 0 Å². The number of fused-ring (bicyclic) bond motifs is 1. The number of carboxylic acid groups (broad SMARTS) is 1. The predicted octanol–water partition coefficient (Wildman–Crippen LogP) is 3.18. The number of hydrogen-bond acceptors (Lipinski definition) is 4. The highest BCUT2D eigenvalue weighted by atomic mass is 16.4. The molecule has 2 aromatic rings. The van der Waals surface area contributed by atoms with Crippen LogP contribution in [0.4, 0.5) is 5.82 Å². The standard InChI is InChI=1S/C16H19N3O2/c1-10-2-3-11(6-10)8-17-15-13-5-4-12(16(20)21)7-14(13)18-9-19-15/h4-5,7,9-11H,2-3,6,8H2,1H3,(H,20,21)(H,17,18,19). The van der Waals surface area contributed by atoms with Gasteiger partial charge in [0.1, 0.15) is 12.1 Å². The summed E-state index contributed by atoms with van der Waals surface area (Å²) in [5.41, 5.74) is 0.906. The van der Waals surface area contributed by atoms with Crippen LogP contribution >= 0.6 is 0 Å². The van der Waals surface area contributed by atoms with Gasteiger partial charge in [0.05, 0.1) is 11.1 Å². The smallest absolute Gasteiger partial charge is 0.335 e. The number of benzene rings is 1. The molecule has 5 heteroatoms. The summed E-state index contributed by atoms with van der Waals surface area (Å²) in [5, 5.41) is 13.3. The summed E-state index contributed by atoms with van der Waals surface area (Å²) in [7, 11) is 0. The first-order chi connectivity index (χ1) is 10.1. The quantitative estimate of drug-likeness (QED) is 0.902. The predicted molar refractivity (Wildman–Crippen MR) is 81.5 cm³/mol. The largest absolute Gasteiger partial charge is 0.478 e. The lowest BCUT2D eigenvalue weighted by Crippen LogP contribution is -2.13. The number of carbonyl (C=O) groups is 1. The second-order valence-electron chi connectivity index (χ2n) is 5.92. The van der Waals surface area contributed by atoms with E-state index in [2.05, 4.69) is 22.2 Å². The molecule has 1 heterocycles. The molecule has 2 unspecified atom stereocenters. The average Bonchev–Trinajstić information content (AvgIpc) is 2.90. The monoisotopic (exact) mass is 285 g/mol. The molecule has 0 radical (unpaired) electrons. The molecule has 0 aliphatic heterocycles. The SMILES string of the molecule is CC1CCC(CNc2ncnc3cc(C(=O)O)ccc23)C1. The second kappa shape index (κ2) is 5.68. The minimum absolute atomic E-state index is 0.247. The summed E-state index contributed by atoms with van der Waals surface area (Å²) in [6, 6.07) is 4.96. The van der Waals surface area contributed by atoms with Crippen LogP contribution in [-0.2, 0) is 0 Å². The number of aromatic carboxylic acids is 1. The van der Waals surface area contributed by atoms with E-state index in [4.69, 9.17) is 5.11 Å². The van der Waals surface area contributed by atoms with E-state index >= 15 is 0 Å². The van der Waals surface area contributed by atoms with E-state index in [0.29, 0.717) is 11.4 Å². The fourth-order valence-corrected chi connectivity index (χ4v) is 3.08. The molecule has 3 rings (SSSR count). The summed E-state index contributed by atoms with van der Waals surface area (Å²) in [4.78, 5) is 19.5. The first kappa shape index (κ1) is 13.8. The molecule has 1 saturated carbocycles. The van der Waals surface area contributed by atoms with E-state index < -0.39 is 5.97 Å².